The summed E-state index contributed by atoms with van der Waals surface area (Å²) in [5, 5.41) is 0. The van der Waals surface area contributed by atoms with Crippen LogP contribution in [-0.2, 0) is 34.5 Å². The van der Waals surface area contributed by atoms with Crippen LogP contribution in [0.15, 0.2) is 48.5 Å². The van der Waals surface area contributed by atoms with Crippen molar-refractivity contribution in [2.45, 2.75) is 103 Å². The molecule has 0 bridgehead atoms. The first-order valence-corrected chi connectivity index (χ1v) is 13.9. The van der Waals surface area contributed by atoms with Crippen molar-refractivity contribution in [3.05, 3.63) is 70.8 Å². The van der Waals surface area contributed by atoms with E-state index in [4.69, 9.17) is 9.47 Å². The van der Waals surface area contributed by atoms with Gasteiger partial charge in [-0.15, -0.1) is 0 Å². The summed E-state index contributed by atoms with van der Waals surface area (Å²) >= 11 is 0. The summed E-state index contributed by atoms with van der Waals surface area (Å²) in [5.41, 5.74) is -1.93. The first-order valence-electron chi connectivity index (χ1n) is 13.9. The summed E-state index contributed by atoms with van der Waals surface area (Å²) < 4.78 is 80.1. The zero-order valence-electron chi connectivity index (χ0n) is 24.8. The van der Waals surface area contributed by atoms with Gasteiger partial charge >= 0.3 is 18.4 Å². The highest BCUT2D eigenvalue weighted by Gasteiger charge is 2.43. The second kappa shape index (κ2) is 12.9. The number of benzene rings is 2. The monoisotopic (exact) mass is 598 g/mol. The number of hydrogen-bond donors (Lipinski definition) is 0. The minimum Gasteiger partial charge on any atom is -0.453 e. The topological polar surface area (TPSA) is 59.1 Å². The van der Waals surface area contributed by atoms with Gasteiger partial charge in [-0.2, -0.15) is 13.2 Å². The van der Waals surface area contributed by atoms with E-state index < -0.39 is 53.1 Å². The van der Waals surface area contributed by atoms with Crippen molar-refractivity contribution in [2.24, 2.45) is 0 Å². The minimum absolute atomic E-state index is 0.103. The molecular weight excluding hydrogens is 559 g/mol. The van der Waals surface area contributed by atoms with Gasteiger partial charge in [0.15, 0.2) is 0 Å². The summed E-state index contributed by atoms with van der Waals surface area (Å²) in [5.74, 6) is -3.53. The molecule has 0 saturated carbocycles. The van der Waals surface area contributed by atoms with Crippen molar-refractivity contribution in [3.8, 4) is 0 Å². The molecule has 0 spiro atoms. The number of piperidine rings is 1. The molecular formula is C31H39F5N2O4. The maximum Gasteiger partial charge on any atom is 0.416 e. The van der Waals surface area contributed by atoms with Crippen LogP contribution >= 0.6 is 0 Å². The molecule has 6 nitrogen and oxygen atoms in total. The Labute approximate surface area is 243 Å². The van der Waals surface area contributed by atoms with Gasteiger partial charge in [0.2, 0.25) is 0 Å². The normalized spacial score (nSPS) is 19.8. The van der Waals surface area contributed by atoms with Crippen LogP contribution in [0.25, 0.3) is 0 Å². The molecule has 2 aromatic carbocycles. The summed E-state index contributed by atoms with van der Waals surface area (Å²) in [6, 6.07) is 10.3. The summed E-state index contributed by atoms with van der Waals surface area (Å²) in [4.78, 5) is 29.5. The number of methoxy groups -OCH3 is 1. The van der Waals surface area contributed by atoms with Crippen molar-refractivity contribution in [3.63, 3.8) is 0 Å². The van der Waals surface area contributed by atoms with Gasteiger partial charge in [-0.1, -0.05) is 37.3 Å². The third-order valence-electron chi connectivity index (χ3n) is 7.29. The van der Waals surface area contributed by atoms with Crippen LogP contribution < -0.4 is 0 Å². The third-order valence-corrected chi connectivity index (χ3v) is 7.29. The second-order valence-electron chi connectivity index (χ2n) is 11.8. The Hall–Kier alpha value is -3.37. The lowest BCUT2D eigenvalue weighted by atomic mass is 9.86. The molecule has 42 heavy (non-hydrogen) atoms. The number of carbonyl (C=O) groups excluding carboxylic acids is 2. The Morgan fingerprint density at radius 3 is 2.02 bits per heavy atom. The molecule has 0 aliphatic carbocycles. The molecule has 11 heteroatoms. The molecule has 0 radical (unpaired) electrons. The molecule has 1 aliphatic heterocycles. The highest BCUT2D eigenvalue weighted by Crippen LogP contribution is 2.37. The number of halogens is 5. The van der Waals surface area contributed by atoms with E-state index >= 15 is 0 Å². The smallest absolute Gasteiger partial charge is 0.416 e. The van der Waals surface area contributed by atoms with Crippen molar-refractivity contribution in [1.29, 1.82) is 0 Å². The Morgan fingerprint density at radius 1 is 0.905 bits per heavy atom. The van der Waals surface area contributed by atoms with Crippen molar-refractivity contribution in [1.82, 2.24) is 9.80 Å². The average Bonchev–Trinajstić information content (AvgIpc) is 2.89. The zero-order valence-corrected chi connectivity index (χ0v) is 24.8. The molecule has 2 aromatic rings. The fourth-order valence-electron chi connectivity index (χ4n) is 5.41. The zero-order chi connectivity index (χ0) is 31.5. The van der Waals surface area contributed by atoms with Gasteiger partial charge in [0, 0.05) is 37.2 Å². The van der Waals surface area contributed by atoms with Crippen molar-refractivity contribution < 1.29 is 41.0 Å². The van der Waals surface area contributed by atoms with Gasteiger partial charge in [0.1, 0.15) is 5.60 Å². The SMILES string of the molecule is CC[C@@H]1C[C@H](N(Cc2cc(C(C)(F)F)cc(C(F)(F)F)c2)C(=O)OC)CC(Cc2ccccc2)N1C(=O)OC(C)(C)C. The molecule has 232 valence electrons. The Bertz CT molecular complexity index is 1190. The van der Waals surface area contributed by atoms with E-state index in [1.807, 2.05) is 37.3 Å². The van der Waals surface area contributed by atoms with Gasteiger partial charge in [0.25, 0.3) is 5.92 Å². The molecule has 1 fully saturated rings. The number of hydrogen-bond acceptors (Lipinski definition) is 4. The first-order chi connectivity index (χ1) is 19.4. The van der Waals surface area contributed by atoms with E-state index in [0.717, 1.165) is 24.8 Å². The molecule has 1 unspecified atom stereocenters. The fraction of sp³-hybridized carbons (Fsp3) is 0.548. The molecule has 0 N–H and O–H groups in total. The Kier molecular flexibility index (Phi) is 10.2. The lowest BCUT2D eigenvalue weighted by Crippen LogP contribution is -2.58. The maximum atomic E-state index is 14.2. The van der Waals surface area contributed by atoms with Gasteiger partial charge in [0.05, 0.1) is 12.7 Å². The number of alkyl halides is 5. The first kappa shape index (κ1) is 33.1. The van der Waals surface area contributed by atoms with E-state index in [9.17, 15) is 31.5 Å². The number of amides is 2. The predicted molar refractivity (Wildman–Crippen MR) is 148 cm³/mol. The Morgan fingerprint density at radius 2 is 1.50 bits per heavy atom. The van der Waals surface area contributed by atoms with E-state index in [1.54, 1.807) is 25.7 Å². The van der Waals surface area contributed by atoms with Gasteiger partial charge in [-0.3, -0.25) is 0 Å². The van der Waals surface area contributed by atoms with Crippen LogP contribution in [0, 0.1) is 0 Å². The number of ether oxygens (including phenoxy) is 2. The van der Waals surface area contributed by atoms with E-state index in [2.05, 4.69) is 0 Å². The molecule has 2 amide bonds. The quantitative estimate of drug-likeness (QED) is 0.302. The van der Waals surface area contributed by atoms with Gasteiger partial charge < -0.3 is 19.3 Å². The van der Waals surface area contributed by atoms with E-state index in [-0.39, 0.29) is 24.6 Å². The Balaban J connectivity index is 2.03. The molecule has 0 aromatic heterocycles. The lowest BCUT2D eigenvalue weighted by molar-refractivity contribution is -0.137. The van der Waals surface area contributed by atoms with Crippen molar-refractivity contribution in [2.75, 3.05) is 7.11 Å². The summed E-state index contributed by atoms with van der Waals surface area (Å²) in [6.45, 7) is 7.35. The molecule has 3 rings (SSSR count). The predicted octanol–water partition coefficient (Wildman–Crippen LogP) is 8.17. The maximum absolute atomic E-state index is 14.2. The van der Waals surface area contributed by atoms with E-state index in [0.29, 0.717) is 32.3 Å². The molecule has 1 aliphatic rings. The highest BCUT2D eigenvalue weighted by atomic mass is 19.4. The van der Waals surface area contributed by atoms with Gasteiger partial charge in [-0.25, -0.2) is 18.4 Å². The van der Waals surface area contributed by atoms with Crippen LogP contribution in [0.4, 0.5) is 31.5 Å². The number of rotatable bonds is 7. The van der Waals surface area contributed by atoms with Crippen LogP contribution in [0.1, 0.15) is 76.1 Å². The molecule has 3 atom stereocenters. The van der Waals surface area contributed by atoms with Crippen LogP contribution in [-0.4, -0.2) is 52.8 Å². The highest BCUT2D eigenvalue weighted by molar-refractivity contribution is 5.70. The third kappa shape index (κ3) is 8.58. The fourth-order valence-corrected chi connectivity index (χ4v) is 5.41. The number of nitrogens with zero attached hydrogens (tertiary/aromatic N) is 2. The average molecular weight is 599 g/mol. The van der Waals surface area contributed by atoms with Crippen molar-refractivity contribution >= 4 is 12.2 Å². The molecule has 1 heterocycles. The molecule has 1 saturated heterocycles. The minimum atomic E-state index is -4.86. The van der Waals surface area contributed by atoms with Gasteiger partial charge in [-0.05, 0) is 75.8 Å². The summed E-state index contributed by atoms with van der Waals surface area (Å²) in [7, 11) is 1.15. The lowest BCUT2D eigenvalue weighted by Gasteiger charge is -2.47. The second-order valence-corrected chi connectivity index (χ2v) is 11.8. The largest absolute Gasteiger partial charge is 0.453 e. The van der Waals surface area contributed by atoms with Crippen LogP contribution in [0.3, 0.4) is 0 Å². The number of likely N-dealkylation sites (tertiary alicyclic amines) is 1. The standard InChI is InChI=1S/C31H39F5N2O4/c1-7-24-17-25(18-26(15-20-11-9-8-10-12-20)38(24)28(40)42-29(2,3)4)37(27(39)41-6)19-21-13-22(30(5,32)33)16-23(14-21)31(34,35)36/h8-14,16,24-26H,7,15,17-19H2,1-6H3/t24-,25+,26?/m1/s1. The van der Waals surface area contributed by atoms with Crippen LogP contribution in [0.5, 0.6) is 0 Å². The number of carbonyl (C=O) groups is 2. The summed E-state index contributed by atoms with van der Waals surface area (Å²) in [6.07, 6.45) is -4.63. The van der Waals surface area contributed by atoms with E-state index in [1.165, 1.54) is 4.90 Å². The van der Waals surface area contributed by atoms with Crippen LogP contribution in [0.2, 0.25) is 0 Å².